The average molecular weight is 332 g/mol. The predicted molar refractivity (Wildman–Crippen MR) is 92.5 cm³/mol. The molecule has 0 aromatic carbocycles. The van der Waals surface area contributed by atoms with Crippen LogP contribution < -0.4 is 0 Å². The first-order chi connectivity index (χ1) is 11.1. The third-order valence-corrected chi connectivity index (χ3v) is 6.99. The Morgan fingerprint density at radius 3 is 2.54 bits per heavy atom. The molecule has 24 heavy (non-hydrogen) atoms. The number of hydrogen-bond acceptors (Lipinski definition) is 3. The normalized spacial score (nSPS) is 35.5. The maximum absolute atomic E-state index is 12.6. The van der Waals surface area contributed by atoms with Gasteiger partial charge in [-0.15, -0.1) is 0 Å². The van der Waals surface area contributed by atoms with Crippen LogP contribution in [0.5, 0.6) is 0 Å². The number of carbonyl (C=O) groups is 3. The minimum absolute atomic E-state index is 0.0497. The number of aliphatic carboxylic acids is 1. The van der Waals surface area contributed by atoms with Crippen LogP contribution in [0.4, 0.5) is 0 Å². The molecule has 4 heteroatoms. The van der Waals surface area contributed by atoms with Crippen LogP contribution >= 0.6 is 0 Å². The Bertz CT molecular complexity index is 630. The second kappa shape index (κ2) is 6.30. The standard InChI is InChI=1S/C20H28O4/c1-12(8-18(23)24)16(22)10-20(5)13(2)6-7-19(4)14(3)15(11-21)9-17(19)20/h11,13,17H,1,6-10H2,2-5H3,(H,23,24). The van der Waals surface area contributed by atoms with Crippen molar-refractivity contribution < 1.29 is 19.5 Å². The first-order valence-electron chi connectivity index (χ1n) is 8.64. The number of ketones is 1. The van der Waals surface area contributed by atoms with E-state index in [1.165, 1.54) is 0 Å². The number of carboxylic acids is 1. The number of rotatable bonds is 6. The monoisotopic (exact) mass is 332 g/mol. The molecular formula is C20H28O4. The Morgan fingerprint density at radius 2 is 2.00 bits per heavy atom. The molecule has 2 aliphatic carbocycles. The lowest BCUT2D eigenvalue weighted by Crippen LogP contribution is -2.47. The number of hydrogen-bond donors (Lipinski definition) is 1. The minimum Gasteiger partial charge on any atom is -0.481 e. The number of aldehydes is 1. The van der Waals surface area contributed by atoms with Crippen molar-refractivity contribution in [2.45, 2.75) is 59.8 Å². The summed E-state index contributed by atoms with van der Waals surface area (Å²) in [5.74, 6) is -0.610. The molecule has 0 radical (unpaired) electrons. The molecule has 0 aliphatic heterocycles. The van der Waals surface area contributed by atoms with Crippen molar-refractivity contribution in [2.75, 3.05) is 0 Å². The molecule has 1 fully saturated rings. The maximum Gasteiger partial charge on any atom is 0.307 e. The molecule has 1 N–H and O–H groups in total. The number of fused-ring (bicyclic) bond motifs is 1. The summed E-state index contributed by atoms with van der Waals surface area (Å²) >= 11 is 0. The van der Waals surface area contributed by atoms with E-state index in [-0.39, 0.29) is 34.5 Å². The fourth-order valence-corrected chi connectivity index (χ4v) is 4.92. The average Bonchev–Trinajstić information content (AvgIpc) is 2.76. The van der Waals surface area contributed by atoms with Gasteiger partial charge in [0.25, 0.3) is 0 Å². The van der Waals surface area contributed by atoms with Gasteiger partial charge in [-0.25, -0.2) is 0 Å². The molecule has 4 unspecified atom stereocenters. The van der Waals surface area contributed by atoms with Gasteiger partial charge in [0, 0.05) is 6.42 Å². The summed E-state index contributed by atoms with van der Waals surface area (Å²) in [6.45, 7) is 12.2. The highest BCUT2D eigenvalue weighted by Gasteiger charge is 2.56. The second-order valence-corrected chi connectivity index (χ2v) is 8.16. The molecule has 2 rings (SSSR count). The summed E-state index contributed by atoms with van der Waals surface area (Å²) < 4.78 is 0. The molecule has 0 saturated heterocycles. The molecule has 132 valence electrons. The number of carbonyl (C=O) groups excluding carboxylic acids is 2. The summed E-state index contributed by atoms with van der Waals surface area (Å²) in [7, 11) is 0. The van der Waals surface area contributed by atoms with E-state index in [1.807, 2.05) is 6.92 Å². The Kier molecular flexibility index (Phi) is 4.89. The fourth-order valence-electron chi connectivity index (χ4n) is 4.92. The van der Waals surface area contributed by atoms with Gasteiger partial charge in [0.2, 0.25) is 0 Å². The van der Waals surface area contributed by atoms with Crippen LogP contribution in [0.1, 0.15) is 59.8 Å². The minimum atomic E-state index is -1.03. The van der Waals surface area contributed by atoms with Gasteiger partial charge in [-0.3, -0.25) is 14.4 Å². The lowest BCUT2D eigenvalue weighted by Gasteiger charge is -2.53. The van der Waals surface area contributed by atoms with Gasteiger partial charge in [0.1, 0.15) is 6.29 Å². The largest absolute Gasteiger partial charge is 0.481 e. The van der Waals surface area contributed by atoms with Crippen LogP contribution in [-0.2, 0) is 14.4 Å². The van der Waals surface area contributed by atoms with Gasteiger partial charge in [-0.05, 0) is 60.0 Å². The summed E-state index contributed by atoms with van der Waals surface area (Å²) in [6.07, 6.45) is 3.72. The van der Waals surface area contributed by atoms with Crippen LogP contribution in [0.25, 0.3) is 0 Å². The van der Waals surface area contributed by atoms with Gasteiger partial charge >= 0.3 is 5.97 Å². The highest BCUT2D eigenvalue weighted by atomic mass is 16.4. The zero-order valence-electron chi connectivity index (χ0n) is 15.1. The molecule has 0 aromatic heterocycles. The van der Waals surface area contributed by atoms with Gasteiger partial charge in [-0.2, -0.15) is 0 Å². The molecular weight excluding hydrogens is 304 g/mol. The zero-order valence-corrected chi connectivity index (χ0v) is 15.1. The Balaban J connectivity index is 2.30. The van der Waals surface area contributed by atoms with E-state index < -0.39 is 5.97 Å². The highest BCUT2D eigenvalue weighted by molar-refractivity contribution is 5.98. The van der Waals surface area contributed by atoms with Crippen molar-refractivity contribution in [3.8, 4) is 0 Å². The number of Topliss-reactive ketones (excluding diaryl/α,β-unsaturated/α-hetero) is 1. The van der Waals surface area contributed by atoms with Crippen LogP contribution in [0.15, 0.2) is 23.3 Å². The highest BCUT2D eigenvalue weighted by Crippen LogP contribution is 2.64. The van der Waals surface area contributed by atoms with Gasteiger partial charge in [0.05, 0.1) is 6.42 Å². The van der Waals surface area contributed by atoms with Crippen LogP contribution in [0.3, 0.4) is 0 Å². The summed E-state index contributed by atoms with van der Waals surface area (Å²) in [5, 5.41) is 8.89. The molecule has 0 aromatic rings. The number of carboxylic acid groups (broad SMARTS) is 1. The van der Waals surface area contributed by atoms with Crippen molar-refractivity contribution in [1.29, 1.82) is 0 Å². The van der Waals surface area contributed by atoms with E-state index in [1.54, 1.807) is 0 Å². The second-order valence-electron chi connectivity index (χ2n) is 8.16. The number of allylic oxidation sites excluding steroid dienone is 2. The Labute approximate surface area is 144 Å². The van der Waals surface area contributed by atoms with Crippen LogP contribution in [0, 0.1) is 22.7 Å². The summed E-state index contributed by atoms with van der Waals surface area (Å²) in [5.41, 5.74) is 1.90. The van der Waals surface area contributed by atoms with E-state index in [9.17, 15) is 14.4 Å². The molecule has 1 saturated carbocycles. The molecule has 0 spiro atoms. The maximum atomic E-state index is 12.6. The van der Waals surface area contributed by atoms with Crippen molar-refractivity contribution in [1.82, 2.24) is 0 Å². The lowest BCUT2D eigenvalue weighted by molar-refractivity contribution is -0.137. The molecule has 0 bridgehead atoms. The molecule has 4 nitrogen and oxygen atoms in total. The van der Waals surface area contributed by atoms with Crippen molar-refractivity contribution in [3.05, 3.63) is 23.3 Å². The van der Waals surface area contributed by atoms with E-state index in [4.69, 9.17) is 5.11 Å². The smallest absolute Gasteiger partial charge is 0.307 e. The lowest BCUT2D eigenvalue weighted by atomic mass is 9.50. The third kappa shape index (κ3) is 2.87. The third-order valence-electron chi connectivity index (χ3n) is 6.99. The van der Waals surface area contributed by atoms with Crippen LogP contribution in [0.2, 0.25) is 0 Å². The first-order valence-corrected chi connectivity index (χ1v) is 8.64. The quantitative estimate of drug-likeness (QED) is 0.590. The summed E-state index contributed by atoms with van der Waals surface area (Å²) in [6, 6.07) is 0. The molecule has 0 amide bonds. The van der Waals surface area contributed by atoms with Gasteiger partial charge in [-0.1, -0.05) is 32.9 Å². The predicted octanol–water partition coefficient (Wildman–Crippen LogP) is 3.95. The van der Waals surface area contributed by atoms with Crippen molar-refractivity contribution >= 4 is 18.0 Å². The zero-order chi connectivity index (χ0) is 18.3. The molecule has 0 heterocycles. The van der Waals surface area contributed by atoms with E-state index in [0.717, 1.165) is 30.3 Å². The van der Waals surface area contributed by atoms with E-state index in [0.29, 0.717) is 18.8 Å². The fraction of sp³-hybridized carbons (Fsp3) is 0.650. The Morgan fingerprint density at radius 1 is 1.38 bits per heavy atom. The topological polar surface area (TPSA) is 71.4 Å². The van der Waals surface area contributed by atoms with Crippen molar-refractivity contribution in [2.24, 2.45) is 22.7 Å². The summed E-state index contributed by atoms with van der Waals surface area (Å²) in [4.78, 5) is 34.9. The molecule has 4 atom stereocenters. The first kappa shape index (κ1) is 18.6. The van der Waals surface area contributed by atoms with Gasteiger partial charge < -0.3 is 5.11 Å². The Hall–Kier alpha value is -1.71. The van der Waals surface area contributed by atoms with Crippen LogP contribution in [-0.4, -0.2) is 23.1 Å². The molecule has 2 aliphatic rings. The van der Waals surface area contributed by atoms with E-state index >= 15 is 0 Å². The SMILES string of the molecule is C=C(CC(=O)O)C(=O)CC1(C)C(C)CCC2(C)C(C)=C(C=O)CC21. The van der Waals surface area contributed by atoms with Crippen molar-refractivity contribution in [3.63, 3.8) is 0 Å². The van der Waals surface area contributed by atoms with E-state index in [2.05, 4.69) is 27.4 Å². The van der Waals surface area contributed by atoms with Gasteiger partial charge in [0.15, 0.2) is 5.78 Å².